The van der Waals surface area contributed by atoms with Crippen LogP contribution in [0.15, 0.2) is 78.9 Å². The van der Waals surface area contributed by atoms with Crippen LogP contribution < -0.4 is 5.32 Å². The van der Waals surface area contributed by atoms with Crippen molar-refractivity contribution < 1.29 is 9.18 Å². The van der Waals surface area contributed by atoms with Gasteiger partial charge in [0.15, 0.2) is 5.78 Å². The van der Waals surface area contributed by atoms with Crippen LogP contribution in [0.2, 0.25) is 5.02 Å². The number of carbonyl (C=O) groups excluding carboxylic acids is 1. The summed E-state index contributed by atoms with van der Waals surface area (Å²) in [6, 6.07) is 19.5. The SMILES string of the molecule is O=C(c1ccccc1)c1cc(Cl)cc2c1N[C@H](c1ccc(F)cc1)[C@H]1CC=C[C@H]21. The Hall–Kier alpha value is -2.91. The maximum absolute atomic E-state index is 13.5. The third-order valence-electron chi connectivity index (χ3n) is 5.94. The fraction of sp³-hybridized carbons (Fsp3) is 0.160. The zero-order valence-corrected chi connectivity index (χ0v) is 16.4. The lowest BCUT2D eigenvalue weighted by Gasteiger charge is -2.38. The number of hydrogen-bond acceptors (Lipinski definition) is 2. The summed E-state index contributed by atoms with van der Waals surface area (Å²) in [5.41, 5.74) is 4.09. The van der Waals surface area contributed by atoms with Crippen LogP contribution in [0, 0.1) is 11.7 Å². The van der Waals surface area contributed by atoms with Crippen LogP contribution in [-0.4, -0.2) is 5.78 Å². The number of nitrogens with one attached hydrogen (secondary N) is 1. The monoisotopic (exact) mass is 403 g/mol. The molecule has 3 aromatic rings. The molecule has 0 saturated carbocycles. The first-order valence-corrected chi connectivity index (χ1v) is 10.1. The van der Waals surface area contributed by atoms with Crippen molar-refractivity contribution in [3.05, 3.63) is 112 Å². The normalized spacial score (nSPS) is 21.9. The van der Waals surface area contributed by atoms with E-state index in [1.807, 2.05) is 48.5 Å². The molecule has 0 amide bonds. The van der Waals surface area contributed by atoms with Crippen molar-refractivity contribution in [3.8, 4) is 0 Å². The lowest BCUT2D eigenvalue weighted by molar-refractivity contribution is 0.103. The number of carbonyl (C=O) groups is 1. The molecule has 0 radical (unpaired) electrons. The Labute approximate surface area is 174 Å². The second-order valence-corrected chi connectivity index (χ2v) is 8.08. The number of halogens is 2. The molecular formula is C25H19ClFNO. The van der Waals surface area contributed by atoms with Crippen molar-refractivity contribution in [1.82, 2.24) is 0 Å². The van der Waals surface area contributed by atoms with Crippen molar-refractivity contribution >= 4 is 23.1 Å². The van der Waals surface area contributed by atoms with Crippen LogP contribution in [0.1, 0.15) is 45.4 Å². The Kier molecular flexibility index (Phi) is 4.48. The van der Waals surface area contributed by atoms with Gasteiger partial charge in [-0.1, -0.05) is 66.2 Å². The first-order chi connectivity index (χ1) is 14.1. The van der Waals surface area contributed by atoms with E-state index in [-0.39, 0.29) is 23.6 Å². The maximum atomic E-state index is 13.5. The molecule has 5 rings (SSSR count). The Bertz CT molecular complexity index is 1110. The number of anilines is 1. The molecule has 1 heterocycles. The average Bonchev–Trinajstić information content (AvgIpc) is 3.24. The van der Waals surface area contributed by atoms with E-state index < -0.39 is 0 Å². The first kappa shape index (κ1) is 18.1. The van der Waals surface area contributed by atoms with Crippen LogP contribution >= 0.6 is 11.6 Å². The fourth-order valence-corrected chi connectivity index (χ4v) is 4.82. The molecule has 2 aliphatic rings. The molecule has 0 fully saturated rings. The first-order valence-electron chi connectivity index (χ1n) is 9.73. The van der Waals surface area contributed by atoms with E-state index in [1.54, 1.807) is 6.07 Å². The van der Waals surface area contributed by atoms with Crippen LogP contribution in [-0.2, 0) is 0 Å². The number of hydrogen-bond donors (Lipinski definition) is 1. The van der Waals surface area contributed by atoms with Gasteiger partial charge < -0.3 is 5.32 Å². The third kappa shape index (κ3) is 3.16. The third-order valence-corrected chi connectivity index (χ3v) is 6.16. The van der Waals surface area contributed by atoms with Gasteiger partial charge >= 0.3 is 0 Å². The quantitative estimate of drug-likeness (QED) is 0.397. The van der Waals surface area contributed by atoms with Gasteiger partial charge in [0.2, 0.25) is 0 Å². The summed E-state index contributed by atoms with van der Waals surface area (Å²) in [5, 5.41) is 4.17. The predicted molar refractivity (Wildman–Crippen MR) is 114 cm³/mol. The molecule has 3 atom stereocenters. The summed E-state index contributed by atoms with van der Waals surface area (Å²) in [7, 11) is 0. The summed E-state index contributed by atoms with van der Waals surface area (Å²) < 4.78 is 13.5. The molecule has 1 aliphatic carbocycles. The molecule has 144 valence electrons. The van der Waals surface area contributed by atoms with Gasteiger partial charge in [0, 0.05) is 27.8 Å². The van der Waals surface area contributed by atoms with Crippen molar-refractivity contribution in [2.75, 3.05) is 5.32 Å². The second kappa shape index (κ2) is 7.16. The van der Waals surface area contributed by atoms with Crippen LogP contribution in [0.4, 0.5) is 10.1 Å². The van der Waals surface area contributed by atoms with E-state index >= 15 is 0 Å². The summed E-state index contributed by atoms with van der Waals surface area (Å²) in [6.07, 6.45) is 5.31. The Morgan fingerprint density at radius 1 is 1.03 bits per heavy atom. The van der Waals surface area contributed by atoms with E-state index in [2.05, 4.69) is 17.5 Å². The van der Waals surface area contributed by atoms with Crippen molar-refractivity contribution in [3.63, 3.8) is 0 Å². The Balaban J connectivity index is 1.64. The van der Waals surface area contributed by atoms with E-state index in [1.165, 1.54) is 12.1 Å². The minimum absolute atomic E-state index is 0.00778. The molecule has 1 N–H and O–H groups in total. The highest BCUT2D eigenvalue weighted by Gasteiger charge is 2.39. The molecule has 0 spiro atoms. The number of allylic oxidation sites excluding steroid dienone is 2. The van der Waals surface area contributed by atoms with Gasteiger partial charge in [0.25, 0.3) is 0 Å². The van der Waals surface area contributed by atoms with Crippen molar-refractivity contribution in [1.29, 1.82) is 0 Å². The highest BCUT2D eigenvalue weighted by molar-refractivity contribution is 6.31. The van der Waals surface area contributed by atoms with E-state index in [0.29, 0.717) is 22.1 Å². The van der Waals surface area contributed by atoms with Gasteiger partial charge in [0.05, 0.1) is 6.04 Å². The number of benzene rings is 3. The smallest absolute Gasteiger partial charge is 0.195 e. The molecule has 0 saturated heterocycles. The summed E-state index contributed by atoms with van der Waals surface area (Å²) >= 11 is 6.43. The van der Waals surface area contributed by atoms with E-state index in [0.717, 1.165) is 23.2 Å². The van der Waals surface area contributed by atoms with Gasteiger partial charge in [-0.15, -0.1) is 0 Å². The maximum Gasteiger partial charge on any atom is 0.195 e. The largest absolute Gasteiger partial charge is 0.377 e. The van der Waals surface area contributed by atoms with E-state index in [9.17, 15) is 9.18 Å². The lowest BCUT2D eigenvalue weighted by atomic mass is 9.76. The molecule has 2 nitrogen and oxygen atoms in total. The molecule has 4 heteroatoms. The predicted octanol–water partition coefficient (Wildman–Crippen LogP) is 6.54. The lowest BCUT2D eigenvalue weighted by Crippen LogP contribution is -2.30. The summed E-state index contributed by atoms with van der Waals surface area (Å²) in [5.74, 6) is 0.154. The number of fused-ring (bicyclic) bond motifs is 3. The minimum atomic E-state index is -0.252. The highest BCUT2D eigenvalue weighted by Crippen LogP contribution is 2.51. The fourth-order valence-electron chi connectivity index (χ4n) is 4.59. The van der Waals surface area contributed by atoms with E-state index in [4.69, 9.17) is 11.6 Å². The van der Waals surface area contributed by atoms with Crippen molar-refractivity contribution in [2.45, 2.75) is 18.4 Å². The van der Waals surface area contributed by atoms with Crippen molar-refractivity contribution in [2.24, 2.45) is 5.92 Å². The molecule has 1 aliphatic heterocycles. The second-order valence-electron chi connectivity index (χ2n) is 7.64. The molecular weight excluding hydrogens is 385 g/mol. The zero-order chi connectivity index (χ0) is 20.0. The molecule has 0 aromatic heterocycles. The summed E-state index contributed by atoms with van der Waals surface area (Å²) in [6.45, 7) is 0. The number of rotatable bonds is 3. The minimum Gasteiger partial charge on any atom is -0.377 e. The van der Waals surface area contributed by atoms with Crippen LogP contribution in [0.3, 0.4) is 0 Å². The summed E-state index contributed by atoms with van der Waals surface area (Å²) in [4.78, 5) is 13.3. The average molecular weight is 404 g/mol. The van der Waals surface area contributed by atoms with Gasteiger partial charge in [-0.25, -0.2) is 4.39 Å². The van der Waals surface area contributed by atoms with Crippen LogP contribution in [0.5, 0.6) is 0 Å². The topological polar surface area (TPSA) is 29.1 Å². The standard InChI is InChI=1S/C25H19ClFNO/c26-17-13-21-19-7-4-8-20(19)23(15-9-11-18(27)12-10-15)28-24(21)22(14-17)25(29)16-5-2-1-3-6-16/h1-7,9-14,19-20,23,28H,8H2/t19-,20-,23+/m0/s1. The molecule has 3 aromatic carbocycles. The zero-order valence-electron chi connectivity index (χ0n) is 15.6. The van der Waals surface area contributed by atoms with Gasteiger partial charge in [-0.05, 0) is 47.7 Å². The van der Waals surface area contributed by atoms with Crippen LogP contribution in [0.25, 0.3) is 0 Å². The highest BCUT2D eigenvalue weighted by atomic mass is 35.5. The van der Waals surface area contributed by atoms with Gasteiger partial charge in [-0.2, -0.15) is 0 Å². The Morgan fingerprint density at radius 2 is 1.79 bits per heavy atom. The molecule has 29 heavy (non-hydrogen) atoms. The van der Waals surface area contributed by atoms with Gasteiger partial charge in [0.1, 0.15) is 5.82 Å². The van der Waals surface area contributed by atoms with Gasteiger partial charge in [-0.3, -0.25) is 4.79 Å². The Morgan fingerprint density at radius 3 is 2.55 bits per heavy atom. The molecule has 0 bridgehead atoms. The molecule has 0 unspecified atom stereocenters. The number of ketones is 1.